The molecule has 2 aliphatic rings. The van der Waals surface area contributed by atoms with Crippen LogP contribution in [-0.2, 0) is 4.74 Å². The van der Waals surface area contributed by atoms with Gasteiger partial charge in [0.05, 0.1) is 6.10 Å². The van der Waals surface area contributed by atoms with E-state index in [0.29, 0.717) is 17.6 Å². The van der Waals surface area contributed by atoms with E-state index in [1.165, 1.54) is 57.9 Å². The zero-order chi connectivity index (χ0) is 13.0. The van der Waals surface area contributed by atoms with Crippen LogP contribution in [0, 0.1) is 11.3 Å². The van der Waals surface area contributed by atoms with Crippen LogP contribution in [0.15, 0.2) is 0 Å². The van der Waals surface area contributed by atoms with Crippen LogP contribution in [0.3, 0.4) is 0 Å². The van der Waals surface area contributed by atoms with Crippen molar-refractivity contribution in [3.8, 4) is 0 Å². The number of hydrogen-bond acceptors (Lipinski definition) is 2. The zero-order valence-electron chi connectivity index (χ0n) is 12.5. The SMILES string of the molecule is COC1CC(NCC2CCCCCCC2)C1(C)C. The Bertz CT molecular complexity index is 243. The first kappa shape index (κ1) is 14.3. The summed E-state index contributed by atoms with van der Waals surface area (Å²) in [7, 11) is 1.84. The van der Waals surface area contributed by atoms with Gasteiger partial charge in [-0.25, -0.2) is 0 Å². The smallest absolute Gasteiger partial charge is 0.0652 e. The highest BCUT2D eigenvalue weighted by Crippen LogP contribution is 2.42. The topological polar surface area (TPSA) is 21.3 Å². The fourth-order valence-corrected chi connectivity index (χ4v) is 3.69. The molecule has 0 aromatic rings. The quantitative estimate of drug-likeness (QED) is 0.824. The molecule has 18 heavy (non-hydrogen) atoms. The molecule has 2 fully saturated rings. The van der Waals surface area contributed by atoms with Crippen molar-refractivity contribution in [2.45, 2.75) is 77.4 Å². The molecule has 0 amide bonds. The highest BCUT2D eigenvalue weighted by Gasteiger charge is 2.48. The molecule has 0 aliphatic heterocycles. The standard InChI is InChI=1S/C16H31NO/c1-16(2)14(11-15(16)18-3)17-12-13-9-7-5-4-6-8-10-13/h13-15,17H,4-12H2,1-3H3. The Morgan fingerprint density at radius 3 is 2.22 bits per heavy atom. The van der Waals surface area contributed by atoms with Gasteiger partial charge in [-0.1, -0.05) is 46.0 Å². The molecule has 2 heteroatoms. The number of rotatable bonds is 4. The predicted octanol–water partition coefficient (Wildman–Crippen LogP) is 3.75. The summed E-state index contributed by atoms with van der Waals surface area (Å²) in [5.74, 6) is 0.919. The van der Waals surface area contributed by atoms with E-state index in [1.807, 2.05) is 7.11 Å². The molecule has 106 valence electrons. The van der Waals surface area contributed by atoms with Crippen molar-refractivity contribution < 1.29 is 4.74 Å². The Morgan fingerprint density at radius 2 is 1.67 bits per heavy atom. The number of hydrogen-bond donors (Lipinski definition) is 1. The molecule has 0 aromatic carbocycles. The first-order valence-corrected chi connectivity index (χ1v) is 7.90. The largest absolute Gasteiger partial charge is 0.381 e. The van der Waals surface area contributed by atoms with Crippen molar-refractivity contribution in [3.05, 3.63) is 0 Å². The minimum Gasteiger partial charge on any atom is -0.381 e. The molecule has 0 saturated heterocycles. The van der Waals surface area contributed by atoms with Crippen LogP contribution in [0.5, 0.6) is 0 Å². The summed E-state index contributed by atoms with van der Waals surface area (Å²) >= 11 is 0. The van der Waals surface area contributed by atoms with Crippen molar-refractivity contribution in [2.24, 2.45) is 11.3 Å². The second-order valence-corrected chi connectivity index (χ2v) is 6.95. The minimum absolute atomic E-state index is 0.316. The molecule has 2 nitrogen and oxygen atoms in total. The predicted molar refractivity (Wildman–Crippen MR) is 76.8 cm³/mol. The highest BCUT2D eigenvalue weighted by atomic mass is 16.5. The first-order valence-electron chi connectivity index (χ1n) is 7.90. The molecule has 2 atom stereocenters. The lowest BCUT2D eigenvalue weighted by Crippen LogP contribution is -2.61. The van der Waals surface area contributed by atoms with E-state index >= 15 is 0 Å². The number of ether oxygens (including phenoxy) is 1. The van der Waals surface area contributed by atoms with E-state index in [1.54, 1.807) is 0 Å². The van der Waals surface area contributed by atoms with Gasteiger partial charge in [0.25, 0.3) is 0 Å². The lowest BCUT2D eigenvalue weighted by atomic mass is 9.64. The minimum atomic E-state index is 0.316. The van der Waals surface area contributed by atoms with Gasteiger partial charge in [-0.15, -0.1) is 0 Å². The Kier molecular flexibility index (Phi) is 5.08. The molecule has 1 N–H and O–H groups in total. The average molecular weight is 253 g/mol. The van der Waals surface area contributed by atoms with Crippen LogP contribution in [0.1, 0.15) is 65.2 Å². The summed E-state index contributed by atoms with van der Waals surface area (Å²) < 4.78 is 5.52. The van der Waals surface area contributed by atoms with Crippen LogP contribution in [0.2, 0.25) is 0 Å². The van der Waals surface area contributed by atoms with Gasteiger partial charge in [0.15, 0.2) is 0 Å². The lowest BCUT2D eigenvalue weighted by molar-refractivity contribution is -0.0982. The van der Waals surface area contributed by atoms with Crippen LogP contribution in [0.4, 0.5) is 0 Å². The Morgan fingerprint density at radius 1 is 1.06 bits per heavy atom. The molecule has 2 unspecified atom stereocenters. The van der Waals surface area contributed by atoms with Crippen molar-refractivity contribution in [3.63, 3.8) is 0 Å². The van der Waals surface area contributed by atoms with Gasteiger partial charge in [-0.05, 0) is 31.7 Å². The molecule has 0 aromatic heterocycles. The number of nitrogens with one attached hydrogen (secondary N) is 1. The van der Waals surface area contributed by atoms with E-state index < -0.39 is 0 Å². The molecule has 2 rings (SSSR count). The van der Waals surface area contributed by atoms with Gasteiger partial charge in [-0.2, -0.15) is 0 Å². The van der Waals surface area contributed by atoms with Gasteiger partial charge in [-0.3, -0.25) is 0 Å². The van der Waals surface area contributed by atoms with E-state index in [9.17, 15) is 0 Å². The van der Waals surface area contributed by atoms with Crippen LogP contribution in [-0.4, -0.2) is 25.8 Å². The van der Waals surface area contributed by atoms with Gasteiger partial charge in [0.2, 0.25) is 0 Å². The van der Waals surface area contributed by atoms with Crippen molar-refractivity contribution in [1.82, 2.24) is 5.32 Å². The number of methoxy groups -OCH3 is 1. The molecule has 0 bridgehead atoms. The molecule has 0 radical (unpaired) electrons. The van der Waals surface area contributed by atoms with Crippen molar-refractivity contribution in [2.75, 3.05) is 13.7 Å². The average Bonchev–Trinajstić information content (AvgIpc) is 2.30. The van der Waals surface area contributed by atoms with E-state index in [-0.39, 0.29) is 0 Å². The van der Waals surface area contributed by atoms with E-state index in [0.717, 1.165) is 5.92 Å². The normalized spacial score (nSPS) is 33.5. The summed E-state index contributed by atoms with van der Waals surface area (Å²) in [5, 5.41) is 3.81. The first-order chi connectivity index (χ1) is 8.64. The van der Waals surface area contributed by atoms with Gasteiger partial charge >= 0.3 is 0 Å². The fourth-order valence-electron chi connectivity index (χ4n) is 3.69. The third-order valence-corrected chi connectivity index (χ3v) is 5.34. The zero-order valence-corrected chi connectivity index (χ0v) is 12.5. The molecular formula is C16H31NO. The lowest BCUT2D eigenvalue weighted by Gasteiger charge is -2.51. The summed E-state index contributed by atoms with van der Waals surface area (Å²) in [6.07, 6.45) is 11.8. The maximum Gasteiger partial charge on any atom is 0.0652 e. The third-order valence-electron chi connectivity index (χ3n) is 5.34. The second-order valence-electron chi connectivity index (χ2n) is 6.95. The van der Waals surface area contributed by atoms with Crippen LogP contribution >= 0.6 is 0 Å². The maximum atomic E-state index is 5.52. The van der Waals surface area contributed by atoms with Crippen LogP contribution < -0.4 is 5.32 Å². The van der Waals surface area contributed by atoms with Gasteiger partial charge in [0, 0.05) is 18.6 Å². The monoisotopic (exact) mass is 253 g/mol. The Hall–Kier alpha value is -0.0800. The van der Waals surface area contributed by atoms with Crippen molar-refractivity contribution in [1.29, 1.82) is 0 Å². The molecular weight excluding hydrogens is 222 g/mol. The third kappa shape index (κ3) is 3.27. The molecule has 2 aliphatic carbocycles. The molecule has 0 heterocycles. The maximum absolute atomic E-state index is 5.52. The molecule has 2 saturated carbocycles. The Balaban J connectivity index is 1.71. The second kappa shape index (κ2) is 6.38. The Labute approximate surface area is 113 Å². The highest BCUT2D eigenvalue weighted by molar-refractivity contribution is 5.02. The van der Waals surface area contributed by atoms with Gasteiger partial charge < -0.3 is 10.1 Å². The fraction of sp³-hybridized carbons (Fsp3) is 1.00. The summed E-state index contributed by atoms with van der Waals surface area (Å²) in [6.45, 7) is 5.89. The molecule has 0 spiro atoms. The van der Waals surface area contributed by atoms with Gasteiger partial charge in [0.1, 0.15) is 0 Å². The van der Waals surface area contributed by atoms with E-state index in [2.05, 4.69) is 19.2 Å². The summed E-state index contributed by atoms with van der Waals surface area (Å²) in [5.41, 5.74) is 0.316. The summed E-state index contributed by atoms with van der Waals surface area (Å²) in [4.78, 5) is 0. The van der Waals surface area contributed by atoms with E-state index in [4.69, 9.17) is 4.74 Å². The van der Waals surface area contributed by atoms with Crippen LogP contribution in [0.25, 0.3) is 0 Å². The van der Waals surface area contributed by atoms with Crippen molar-refractivity contribution >= 4 is 0 Å². The summed E-state index contributed by atoms with van der Waals surface area (Å²) in [6, 6.07) is 0.660.